The van der Waals surface area contributed by atoms with Crippen LogP contribution in [0.5, 0.6) is 0 Å². The van der Waals surface area contributed by atoms with E-state index in [1.807, 2.05) is 6.92 Å². The highest BCUT2D eigenvalue weighted by Gasteiger charge is 2.10. The molecule has 1 aromatic carbocycles. The molecule has 3 heteroatoms. The minimum absolute atomic E-state index is 0.250. The van der Waals surface area contributed by atoms with Crippen molar-refractivity contribution in [3.63, 3.8) is 0 Å². The van der Waals surface area contributed by atoms with Crippen molar-refractivity contribution in [3.8, 4) is 10.4 Å². The van der Waals surface area contributed by atoms with Crippen molar-refractivity contribution < 1.29 is 9.18 Å². The van der Waals surface area contributed by atoms with Crippen molar-refractivity contribution in [1.82, 2.24) is 0 Å². The van der Waals surface area contributed by atoms with Gasteiger partial charge in [-0.05, 0) is 24.6 Å². The highest BCUT2D eigenvalue weighted by Crippen LogP contribution is 2.33. The first-order valence-corrected chi connectivity index (χ1v) is 5.34. The number of carbonyl (C=O) groups excluding carboxylic acids is 1. The molecule has 0 aliphatic carbocycles. The van der Waals surface area contributed by atoms with E-state index in [0.717, 1.165) is 16.7 Å². The second-order valence-corrected chi connectivity index (χ2v) is 4.34. The van der Waals surface area contributed by atoms with E-state index in [2.05, 4.69) is 0 Å². The lowest BCUT2D eigenvalue weighted by molar-refractivity contribution is 0.112. The summed E-state index contributed by atoms with van der Waals surface area (Å²) in [6, 6.07) is 8.37. The lowest BCUT2D eigenvalue weighted by atomic mass is 10.1. The molecular formula is C12H9FOS. The summed E-state index contributed by atoms with van der Waals surface area (Å²) in [5.41, 5.74) is 1.50. The summed E-state index contributed by atoms with van der Waals surface area (Å²) in [6.07, 6.45) is 0.794. The molecule has 0 bridgehead atoms. The van der Waals surface area contributed by atoms with Gasteiger partial charge in [-0.3, -0.25) is 4.79 Å². The summed E-state index contributed by atoms with van der Waals surface area (Å²) >= 11 is 1.32. The van der Waals surface area contributed by atoms with Crippen molar-refractivity contribution in [3.05, 3.63) is 46.6 Å². The van der Waals surface area contributed by atoms with Crippen molar-refractivity contribution >= 4 is 17.6 Å². The van der Waals surface area contributed by atoms with Gasteiger partial charge in [0.15, 0.2) is 6.29 Å². The van der Waals surface area contributed by atoms with Gasteiger partial charge in [-0.15, -0.1) is 11.3 Å². The smallest absolute Gasteiger partial charge is 0.160 e. The standard InChI is InChI=1S/C12H9FOS/c1-8-6-9(7-14)15-12(8)10-4-2-3-5-11(10)13/h2-7H,1H3. The molecule has 0 N–H and O–H groups in total. The van der Waals surface area contributed by atoms with E-state index in [1.165, 1.54) is 17.4 Å². The van der Waals surface area contributed by atoms with Gasteiger partial charge >= 0.3 is 0 Å². The molecule has 0 unspecified atom stereocenters. The molecule has 0 saturated carbocycles. The van der Waals surface area contributed by atoms with Crippen LogP contribution in [-0.2, 0) is 0 Å². The predicted molar refractivity (Wildman–Crippen MR) is 59.8 cm³/mol. The zero-order valence-electron chi connectivity index (χ0n) is 8.16. The third kappa shape index (κ3) is 1.83. The lowest BCUT2D eigenvalue weighted by Crippen LogP contribution is -1.81. The van der Waals surface area contributed by atoms with Gasteiger partial charge in [-0.25, -0.2) is 4.39 Å². The Morgan fingerprint density at radius 3 is 2.67 bits per heavy atom. The van der Waals surface area contributed by atoms with E-state index < -0.39 is 0 Å². The fourth-order valence-electron chi connectivity index (χ4n) is 1.48. The van der Waals surface area contributed by atoms with Gasteiger partial charge in [-0.1, -0.05) is 18.2 Å². The van der Waals surface area contributed by atoms with Crippen LogP contribution in [0.3, 0.4) is 0 Å². The highest BCUT2D eigenvalue weighted by molar-refractivity contribution is 7.17. The molecule has 0 radical (unpaired) electrons. The highest BCUT2D eigenvalue weighted by atomic mass is 32.1. The van der Waals surface area contributed by atoms with Crippen molar-refractivity contribution in [1.29, 1.82) is 0 Å². The largest absolute Gasteiger partial charge is 0.297 e. The normalized spacial score (nSPS) is 10.3. The van der Waals surface area contributed by atoms with E-state index in [-0.39, 0.29) is 5.82 Å². The summed E-state index contributed by atoms with van der Waals surface area (Å²) in [5.74, 6) is -0.250. The Hall–Kier alpha value is -1.48. The van der Waals surface area contributed by atoms with Crippen molar-refractivity contribution in [2.75, 3.05) is 0 Å². The summed E-state index contributed by atoms with van der Waals surface area (Å²) in [4.78, 5) is 12.1. The summed E-state index contributed by atoms with van der Waals surface area (Å²) in [5, 5.41) is 0. The maximum Gasteiger partial charge on any atom is 0.160 e. The monoisotopic (exact) mass is 220 g/mol. The Morgan fingerprint density at radius 2 is 2.07 bits per heavy atom. The second kappa shape index (κ2) is 3.95. The fraction of sp³-hybridized carbons (Fsp3) is 0.0833. The molecule has 0 atom stereocenters. The molecule has 0 fully saturated rings. The second-order valence-electron chi connectivity index (χ2n) is 3.26. The van der Waals surface area contributed by atoms with Gasteiger partial charge in [0, 0.05) is 10.4 Å². The zero-order valence-corrected chi connectivity index (χ0v) is 8.98. The van der Waals surface area contributed by atoms with E-state index in [0.29, 0.717) is 10.4 Å². The summed E-state index contributed by atoms with van der Waals surface area (Å²) < 4.78 is 13.5. The van der Waals surface area contributed by atoms with E-state index in [9.17, 15) is 9.18 Å². The number of carbonyl (C=O) groups is 1. The number of hydrogen-bond acceptors (Lipinski definition) is 2. The number of halogens is 1. The van der Waals surface area contributed by atoms with Crippen LogP contribution in [0, 0.1) is 12.7 Å². The molecule has 0 amide bonds. The van der Waals surface area contributed by atoms with Gasteiger partial charge in [0.25, 0.3) is 0 Å². The first kappa shape index (κ1) is 10.1. The van der Waals surface area contributed by atoms with Crippen LogP contribution in [-0.4, -0.2) is 6.29 Å². The van der Waals surface area contributed by atoms with Crippen LogP contribution < -0.4 is 0 Å². The minimum atomic E-state index is -0.250. The molecule has 1 heterocycles. The third-order valence-electron chi connectivity index (χ3n) is 2.17. The zero-order chi connectivity index (χ0) is 10.8. The van der Waals surface area contributed by atoms with E-state index in [1.54, 1.807) is 24.3 Å². The van der Waals surface area contributed by atoms with E-state index in [4.69, 9.17) is 0 Å². The number of aryl methyl sites for hydroxylation is 1. The molecule has 2 rings (SSSR count). The molecule has 0 saturated heterocycles. The first-order chi connectivity index (χ1) is 7.22. The van der Waals surface area contributed by atoms with Crippen molar-refractivity contribution in [2.24, 2.45) is 0 Å². The average molecular weight is 220 g/mol. The molecule has 2 aromatic rings. The van der Waals surface area contributed by atoms with Gasteiger partial charge in [0.2, 0.25) is 0 Å². The topological polar surface area (TPSA) is 17.1 Å². The average Bonchev–Trinajstić information content (AvgIpc) is 2.60. The Labute approximate surface area is 91.2 Å². The number of hydrogen-bond donors (Lipinski definition) is 0. The molecule has 0 spiro atoms. The molecule has 15 heavy (non-hydrogen) atoms. The van der Waals surface area contributed by atoms with E-state index >= 15 is 0 Å². The van der Waals surface area contributed by atoms with Crippen LogP contribution in [0.1, 0.15) is 15.2 Å². The fourth-order valence-corrected chi connectivity index (χ4v) is 2.49. The number of aldehydes is 1. The van der Waals surface area contributed by atoms with Gasteiger partial charge in [0.05, 0.1) is 4.88 Å². The Balaban J connectivity index is 2.58. The van der Waals surface area contributed by atoms with Crippen LogP contribution >= 0.6 is 11.3 Å². The molecule has 76 valence electrons. The maximum absolute atomic E-state index is 13.5. The van der Waals surface area contributed by atoms with Crippen LogP contribution in [0.15, 0.2) is 30.3 Å². The number of benzene rings is 1. The third-order valence-corrected chi connectivity index (χ3v) is 3.37. The predicted octanol–water partition coefficient (Wildman–Crippen LogP) is 3.68. The molecule has 0 aliphatic heterocycles. The van der Waals surface area contributed by atoms with Crippen LogP contribution in [0.25, 0.3) is 10.4 Å². The van der Waals surface area contributed by atoms with Crippen LogP contribution in [0.4, 0.5) is 4.39 Å². The molecular weight excluding hydrogens is 211 g/mol. The maximum atomic E-state index is 13.5. The number of thiophene rings is 1. The molecule has 0 aliphatic rings. The minimum Gasteiger partial charge on any atom is -0.297 e. The first-order valence-electron chi connectivity index (χ1n) is 4.53. The summed E-state index contributed by atoms with van der Waals surface area (Å²) in [6.45, 7) is 1.88. The SMILES string of the molecule is Cc1cc(C=O)sc1-c1ccccc1F. The number of rotatable bonds is 2. The Morgan fingerprint density at radius 1 is 1.33 bits per heavy atom. The van der Waals surface area contributed by atoms with Crippen molar-refractivity contribution in [2.45, 2.75) is 6.92 Å². The van der Waals surface area contributed by atoms with Gasteiger partial charge in [0.1, 0.15) is 5.82 Å². The Bertz CT molecular complexity index is 502. The quantitative estimate of drug-likeness (QED) is 0.706. The molecule has 1 aromatic heterocycles. The lowest BCUT2D eigenvalue weighted by Gasteiger charge is -2.00. The summed E-state index contributed by atoms with van der Waals surface area (Å²) in [7, 11) is 0. The molecule has 1 nitrogen and oxygen atoms in total. The van der Waals surface area contributed by atoms with Gasteiger partial charge < -0.3 is 0 Å². The van der Waals surface area contributed by atoms with Crippen LogP contribution in [0.2, 0.25) is 0 Å². The Kier molecular flexibility index (Phi) is 2.64. The van der Waals surface area contributed by atoms with Gasteiger partial charge in [-0.2, -0.15) is 0 Å².